The van der Waals surface area contributed by atoms with E-state index in [0.717, 1.165) is 27.6 Å². The molecule has 32 heavy (non-hydrogen) atoms. The molecule has 0 saturated carbocycles. The van der Waals surface area contributed by atoms with Crippen LogP contribution in [-0.4, -0.2) is 32.9 Å². The lowest BCUT2D eigenvalue weighted by atomic mass is 9.97. The highest BCUT2D eigenvalue weighted by Crippen LogP contribution is 2.32. The van der Waals surface area contributed by atoms with Gasteiger partial charge in [-0.2, -0.15) is 5.10 Å². The quantitative estimate of drug-likeness (QED) is 0.257. The number of nitrogens with zero attached hydrogens (tertiary/aromatic N) is 2. The number of aliphatic imine (C=N–C) groups is 1. The van der Waals surface area contributed by atoms with Crippen LogP contribution in [-0.2, 0) is 4.79 Å². The lowest BCUT2D eigenvalue weighted by Crippen LogP contribution is -2.20. The fraction of sp³-hybridized carbons (Fsp3) is 0.167. The largest absolute Gasteiger partial charge is 0.478 e. The molecule has 8 nitrogen and oxygen atoms in total. The molecule has 0 aliphatic rings. The van der Waals surface area contributed by atoms with Gasteiger partial charge in [-0.3, -0.25) is 14.9 Å². The molecule has 0 saturated heterocycles. The van der Waals surface area contributed by atoms with Crippen LogP contribution in [0.2, 0.25) is 0 Å². The van der Waals surface area contributed by atoms with E-state index < -0.39 is 11.9 Å². The molecule has 1 heterocycles. The standard InChI is InChI=1S/C24H25N5O3/c1-4-5-17(23(26)30)21(25)22(20-13(2)6-11-19-18(20)12-27-29-19)28-14(3)15-7-9-16(10-8-15)24(31)32/h5-12H,4,25H2,1-3H3,(H2,26,30)(H,27,29)(H,31,32)/b17-5-,22-21+,28-14?. The number of aromatic carboxylic acids is 1. The monoisotopic (exact) mass is 431 g/mol. The van der Waals surface area contributed by atoms with Gasteiger partial charge in [-0.1, -0.05) is 31.2 Å². The molecule has 1 amide bonds. The number of aromatic nitrogens is 2. The molecule has 0 atom stereocenters. The summed E-state index contributed by atoms with van der Waals surface area (Å²) in [6.45, 7) is 5.60. The second-order valence-corrected chi connectivity index (χ2v) is 7.32. The maximum atomic E-state index is 12.1. The van der Waals surface area contributed by atoms with Crippen LogP contribution in [0.1, 0.15) is 47.3 Å². The Morgan fingerprint density at radius 3 is 2.38 bits per heavy atom. The molecule has 0 bridgehead atoms. The first-order valence-corrected chi connectivity index (χ1v) is 10.1. The number of aryl methyl sites for hydroxylation is 1. The van der Waals surface area contributed by atoms with Crippen molar-refractivity contribution >= 4 is 34.2 Å². The van der Waals surface area contributed by atoms with Crippen LogP contribution in [0.4, 0.5) is 0 Å². The number of carboxylic acids is 1. The molecule has 0 spiro atoms. The molecule has 3 aromatic rings. The summed E-state index contributed by atoms with van der Waals surface area (Å²) in [7, 11) is 0. The number of carbonyl (C=O) groups is 2. The topological polar surface area (TPSA) is 147 Å². The van der Waals surface area contributed by atoms with E-state index in [1.54, 1.807) is 31.3 Å². The van der Waals surface area contributed by atoms with Gasteiger partial charge >= 0.3 is 5.97 Å². The van der Waals surface area contributed by atoms with Gasteiger partial charge in [0.1, 0.15) is 0 Å². The molecule has 0 aliphatic carbocycles. The first kappa shape index (κ1) is 22.5. The van der Waals surface area contributed by atoms with Gasteiger partial charge in [0.25, 0.3) is 5.91 Å². The highest BCUT2D eigenvalue weighted by molar-refractivity contribution is 6.07. The van der Waals surface area contributed by atoms with Gasteiger partial charge in [0.05, 0.1) is 34.2 Å². The highest BCUT2D eigenvalue weighted by atomic mass is 16.4. The summed E-state index contributed by atoms with van der Waals surface area (Å²) in [6.07, 6.45) is 3.93. The van der Waals surface area contributed by atoms with Gasteiger partial charge in [-0.15, -0.1) is 0 Å². The van der Waals surface area contributed by atoms with Crippen molar-refractivity contribution in [3.8, 4) is 0 Å². The van der Waals surface area contributed by atoms with E-state index in [0.29, 0.717) is 17.8 Å². The van der Waals surface area contributed by atoms with Crippen molar-refractivity contribution in [3.05, 3.63) is 82.2 Å². The second kappa shape index (κ2) is 9.30. The Hall–Kier alpha value is -4.20. The Labute approximate surface area is 185 Å². The Kier molecular flexibility index (Phi) is 6.53. The molecule has 6 N–H and O–H groups in total. The predicted molar refractivity (Wildman–Crippen MR) is 125 cm³/mol. The minimum Gasteiger partial charge on any atom is -0.478 e. The lowest BCUT2D eigenvalue weighted by molar-refractivity contribution is -0.114. The molecule has 1 aromatic heterocycles. The third-order valence-electron chi connectivity index (χ3n) is 5.12. The van der Waals surface area contributed by atoms with Gasteiger partial charge in [-0.25, -0.2) is 4.79 Å². The van der Waals surface area contributed by atoms with Crippen molar-refractivity contribution in [1.82, 2.24) is 10.2 Å². The first-order valence-electron chi connectivity index (χ1n) is 10.1. The predicted octanol–water partition coefficient (Wildman–Crippen LogP) is 3.53. The van der Waals surface area contributed by atoms with Crippen molar-refractivity contribution in [2.45, 2.75) is 27.2 Å². The SMILES string of the molecule is CC/C=C(C(N)=O)/C(N)=C(\N=C(C)c1ccc(C(=O)O)cc1)c1c(C)ccc2[nH]ncc12. The van der Waals surface area contributed by atoms with Gasteiger partial charge in [0.2, 0.25) is 0 Å². The molecular formula is C24H25N5O3. The number of hydrogen-bond acceptors (Lipinski definition) is 5. The van der Waals surface area contributed by atoms with E-state index in [-0.39, 0.29) is 16.8 Å². The van der Waals surface area contributed by atoms with E-state index in [9.17, 15) is 9.59 Å². The van der Waals surface area contributed by atoms with Crippen molar-refractivity contribution in [2.24, 2.45) is 16.5 Å². The maximum absolute atomic E-state index is 12.1. The van der Waals surface area contributed by atoms with Crippen LogP contribution >= 0.6 is 0 Å². The third-order valence-corrected chi connectivity index (χ3v) is 5.12. The maximum Gasteiger partial charge on any atom is 0.335 e. The number of H-pyrrole nitrogens is 1. The van der Waals surface area contributed by atoms with E-state index in [1.807, 2.05) is 26.0 Å². The van der Waals surface area contributed by atoms with Crippen LogP contribution in [0.15, 0.2) is 64.9 Å². The number of primary amides is 1. The number of aromatic amines is 1. The molecule has 0 unspecified atom stereocenters. The molecule has 0 fully saturated rings. The van der Waals surface area contributed by atoms with Crippen LogP contribution in [0.25, 0.3) is 16.6 Å². The number of carboxylic acid groups (broad SMARTS) is 1. The molecule has 8 heteroatoms. The number of fused-ring (bicyclic) bond motifs is 1. The van der Waals surface area contributed by atoms with Gasteiger partial charge in [-0.05, 0) is 49.6 Å². The Morgan fingerprint density at radius 1 is 1.12 bits per heavy atom. The minimum atomic E-state index is -1.01. The number of nitrogens with one attached hydrogen (secondary N) is 1. The van der Waals surface area contributed by atoms with E-state index in [2.05, 4.69) is 10.2 Å². The normalized spacial score (nSPS) is 13.2. The number of rotatable bonds is 7. The average Bonchev–Trinajstić information content (AvgIpc) is 3.24. The molecule has 164 valence electrons. The zero-order chi connectivity index (χ0) is 23.4. The number of hydrogen-bond donors (Lipinski definition) is 4. The average molecular weight is 431 g/mol. The third kappa shape index (κ3) is 4.44. The van der Waals surface area contributed by atoms with Crippen LogP contribution in [0, 0.1) is 6.92 Å². The summed E-state index contributed by atoms with van der Waals surface area (Å²) < 4.78 is 0. The lowest BCUT2D eigenvalue weighted by Gasteiger charge is -2.15. The number of benzene rings is 2. The van der Waals surface area contributed by atoms with Crippen molar-refractivity contribution in [2.75, 3.05) is 0 Å². The number of amides is 1. The highest BCUT2D eigenvalue weighted by Gasteiger charge is 2.19. The Bertz CT molecular complexity index is 1280. The van der Waals surface area contributed by atoms with Crippen LogP contribution in [0.3, 0.4) is 0 Å². The smallest absolute Gasteiger partial charge is 0.335 e. The van der Waals surface area contributed by atoms with E-state index in [4.69, 9.17) is 21.6 Å². The Morgan fingerprint density at radius 2 is 1.78 bits per heavy atom. The van der Waals surface area contributed by atoms with E-state index >= 15 is 0 Å². The van der Waals surface area contributed by atoms with Crippen molar-refractivity contribution < 1.29 is 14.7 Å². The van der Waals surface area contributed by atoms with E-state index in [1.165, 1.54) is 12.1 Å². The van der Waals surface area contributed by atoms with Gasteiger partial charge in [0, 0.05) is 16.7 Å². The molecule has 0 aliphatic heterocycles. The Balaban J connectivity index is 2.29. The fourth-order valence-corrected chi connectivity index (χ4v) is 3.45. The summed E-state index contributed by atoms with van der Waals surface area (Å²) in [5.41, 5.74) is 16.8. The summed E-state index contributed by atoms with van der Waals surface area (Å²) in [5, 5.41) is 17.0. The molecule has 2 aromatic carbocycles. The zero-order valence-corrected chi connectivity index (χ0v) is 18.1. The number of allylic oxidation sites excluding steroid dienone is 1. The number of nitrogens with two attached hydrogens (primary N) is 2. The summed E-state index contributed by atoms with van der Waals surface area (Å²) in [5.74, 6) is -1.65. The molecular weight excluding hydrogens is 406 g/mol. The van der Waals surface area contributed by atoms with Gasteiger partial charge < -0.3 is 16.6 Å². The second-order valence-electron chi connectivity index (χ2n) is 7.32. The van der Waals surface area contributed by atoms with Crippen LogP contribution in [0.5, 0.6) is 0 Å². The molecule has 3 rings (SSSR count). The summed E-state index contributed by atoms with van der Waals surface area (Å²) >= 11 is 0. The first-order chi connectivity index (χ1) is 15.2. The number of carbonyl (C=O) groups excluding carboxylic acids is 1. The van der Waals surface area contributed by atoms with Crippen molar-refractivity contribution in [3.63, 3.8) is 0 Å². The summed E-state index contributed by atoms with van der Waals surface area (Å²) in [4.78, 5) is 28.1. The summed E-state index contributed by atoms with van der Waals surface area (Å²) in [6, 6.07) is 10.2. The molecule has 0 radical (unpaired) electrons. The van der Waals surface area contributed by atoms with Gasteiger partial charge in [0.15, 0.2) is 0 Å². The van der Waals surface area contributed by atoms with Crippen LogP contribution < -0.4 is 11.5 Å². The minimum absolute atomic E-state index is 0.164. The van der Waals surface area contributed by atoms with Crippen molar-refractivity contribution in [1.29, 1.82) is 0 Å². The zero-order valence-electron chi connectivity index (χ0n) is 18.1. The fourth-order valence-electron chi connectivity index (χ4n) is 3.45.